The predicted octanol–water partition coefficient (Wildman–Crippen LogP) is 2.53. The Bertz CT molecular complexity index is 469. The number of carbonyl (C=O) groups is 1. The van der Waals surface area contributed by atoms with Crippen molar-refractivity contribution in [3.05, 3.63) is 28.3 Å². The van der Waals surface area contributed by atoms with Gasteiger partial charge in [0.25, 0.3) is 0 Å². The number of hydrogen-bond acceptors (Lipinski definition) is 3. The maximum Gasteiger partial charge on any atom is 0.304 e. The summed E-state index contributed by atoms with van der Waals surface area (Å²) in [5.74, 6) is 0.151. The quantitative estimate of drug-likeness (QED) is 0.858. The molecule has 4 heteroatoms. The summed E-state index contributed by atoms with van der Waals surface area (Å²) < 4.78 is 5.35. The summed E-state index contributed by atoms with van der Waals surface area (Å²) in [6, 6.07) is 2.04. The molecule has 0 aromatic heterocycles. The van der Waals surface area contributed by atoms with Gasteiger partial charge in [0.15, 0.2) is 0 Å². The molecule has 0 atom stereocenters. The lowest BCUT2D eigenvalue weighted by Gasteiger charge is -2.21. The van der Waals surface area contributed by atoms with Crippen LogP contribution in [0.25, 0.3) is 0 Å². The van der Waals surface area contributed by atoms with E-state index in [4.69, 9.17) is 9.84 Å². The van der Waals surface area contributed by atoms with Crippen LogP contribution < -0.4 is 4.74 Å². The van der Waals surface area contributed by atoms with Crippen molar-refractivity contribution in [2.45, 2.75) is 33.7 Å². The van der Waals surface area contributed by atoms with Crippen LogP contribution in [0.5, 0.6) is 5.75 Å². The number of carboxylic acid groups (broad SMARTS) is 1. The molecule has 4 nitrogen and oxygen atoms in total. The molecule has 0 spiro atoms. The largest absolute Gasteiger partial charge is 0.496 e. The van der Waals surface area contributed by atoms with Crippen LogP contribution in [0.2, 0.25) is 0 Å². The highest BCUT2D eigenvalue weighted by Crippen LogP contribution is 2.28. The van der Waals surface area contributed by atoms with E-state index in [0.29, 0.717) is 6.54 Å². The van der Waals surface area contributed by atoms with E-state index in [1.165, 1.54) is 16.7 Å². The molecule has 1 N–H and O–H groups in total. The molecule has 0 aliphatic heterocycles. The maximum absolute atomic E-state index is 10.6. The van der Waals surface area contributed by atoms with Crippen molar-refractivity contribution in [2.75, 3.05) is 20.7 Å². The summed E-state index contributed by atoms with van der Waals surface area (Å²) in [7, 11) is 3.63. The number of aliphatic carboxylic acids is 1. The lowest BCUT2D eigenvalue weighted by atomic mass is 9.97. The summed E-state index contributed by atoms with van der Waals surface area (Å²) >= 11 is 0. The van der Waals surface area contributed by atoms with Gasteiger partial charge in [0.1, 0.15) is 5.75 Å². The van der Waals surface area contributed by atoms with Gasteiger partial charge in [0.2, 0.25) is 0 Å². The molecule has 0 aliphatic rings. The van der Waals surface area contributed by atoms with Gasteiger partial charge in [0.05, 0.1) is 13.5 Å². The van der Waals surface area contributed by atoms with Gasteiger partial charge in [0, 0.05) is 13.1 Å². The molecule has 0 heterocycles. The summed E-state index contributed by atoms with van der Waals surface area (Å²) in [5, 5.41) is 8.71. The van der Waals surface area contributed by atoms with Crippen molar-refractivity contribution in [3.63, 3.8) is 0 Å². The number of rotatable bonds is 6. The first-order valence-electron chi connectivity index (χ1n) is 6.40. The van der Waals surface area contributed by atoms with E-state index < -0.39 is 5.97 Å². The Labute approximate surface area is 115 Å². The van der Waals surface area contributed by atoms with Crippen LogP contribution in [-0.2, 0) is 11.3 Å². The molecule has 0 fully saturated rings. The molecular formula is C15H23NO3. The molecule has 0 bridgehead atoms. The summed E-state index contributed by atoms with van der Waals surface area (Å²) in [6.07, 6.45) is 0.170. The molecule has 106 valence electrons. The van der Waals surface area contributed by atoms with E-state index in [1.54, 1.807) is 7.11 Å². The highest BCUT2D eigenvalue weighted by Gasteiger charge is 2.12. The topological polar surface area (TPSA) is 49.8 Å². The van der Waals surface area contributed by atoms with E-state index >= 15 is 0 Å². The lowest BCUT2D eigenvalue weighted by Crippen LogP contribution is -2.22. The van der Waals surface area contributed by atoms with Crippen molar-refractivity contribution < 1.29 is 14.6 Å². The van der Waals surface area contributed by atoms with Crippen molar-refractivity contribution >= 4 is 5.97 Å². The number of ether oxygens (including phenoxy) is 1. The minimum absolute atomic E-state index is 0.170. The summed E-state index contributed by atoms with van der Waals surface area (Å²) in [6.45, 7) is 7.52. The highest BCUT2D eigenvalue weighted by atomic mass is 16.5. The smallest absolute Gasteiger partial charge is 0.304 e. The van der Waals surface area contributed by atoms with Crippen molar-refractivity contribution in [2.24, 2.45) is 0 Å². The number of carboxylic acids is 1. The van der Waals surface area contributed by atoms with Crippen LogP contribution in [0.3, 0.4) is 0 Å². The molecular weight excluding hydrogens is 242 g/mol. The number of hydrogen-bond donors (Lipinski definition) is 1. The minimum Gasteiger partial charge on any atom is -0.496 e. The van der Waals surface area contributed by atoms with Gasteiger partial charge in [-0.3, -0.25) is 4.79 Å². The monoisotopic (exact) mass is 265 g/mol. The third-order valence-electron chi connectivity index (χ3n) is 3.56. The minimum atomic E-state index is -0.758. The third-order valence-corrected chi connectivity index (χ3v) is 3.56. The standard InChI is InChI=1S/C15H23NO3/c1-10-8-14(19-5)12(3)11(2)13(10)9-16(4)7-6-15(17)18/h8H,6-7,9H2,1-5H3,(H,17,18). The van der Waals surface area contributed by atoms with Crippen molar-refractivity contribution in [1.82, 2.24) is 4.90 Å². The van der Waals surface area contributed by atoms with Gasteiger partial charge in [-0.05, 0) is 56.1 Å². The first-order chi connectivity index (χ1) is 8.86. The van der Waals surface area contributed by atoms with Gasteiger partial charge in [-0.25, -0.2) is 0 Å². The molecule has 0 amide bonds. The first-order valence-corrected chi connectivity index (χ1v) is 6.40. The number of aryl methyl sites for hydroxylation is 1. The average molecular weight is 265 g/mol. The Morgan fingerprint density at radius 3 is 2.47 bits per heavy atom. The number of methoxy groups -OCH3 is 1. The molecule has 1 rings (SSSR count). The van der Waals surface area contributed by atoms with Gasteiger partial charge in [-0.1, -0.05) is 0 Å². The van der Waals surface area contributed by atoms with Crippen LogP contribution in [-0.4, -0.2) is 36.7 Å². The van der Waals surface area contributed by atoms with Crippen LogP contribution in [0.15, 0.2) is 6.07 Å². The van der Waals surface area contributed by atoms with Crippen LogP contribution >= 0.6 is 0 Å². The summed E-state index contributed by atoms with van der Waals surface area (Å²) in [5.41, 5.74) is 4.81. The summed E-state index contributed by atoms with van der Waals surface area (Å²) in [4.78, 5) is 12.6. The average Bonchev–Trinajstić information content (AvgIpc) is 2.36. The second-order valence-electron chi connectivity index (χ2n) is 5.01. The molecule has 0 aliphatic carbocycles. The Kier molecular flexibility index (Phi) is 5.36. The SMILES string of the molecule is COc1cc(C)c(CN(C)CCC(=O)O)c(C)c1C. The fourth-order valence-electron chi connectivity index (χ4n) is 2.19. The molecule has 0 saturated heterocycles. The van der Waals surface area contributed by atoms with E-state index in [-0.39, 0.29) is 6.42 Å². The second-order valence-corrected chi connectivity index (χ2v) is 5.01. The highest BCUT2D eigenvalue weighted by molar-refractivity contribution is 5.66. The Balaban J connectivity index is 2.89. The molecule has 0 radical (unpaired) electrons. The van der Waals surface area contributed by atoms with E-state index in [9.17, 15) is 4.79 Å². The fourth-order valence-corrected chi connectivity index (χ4v) is 2.19. The van der Waals surface area contributed by atoms with Crippen molar-refractivity contribution in [1.29, 1.82) is 0 Å². The zero-order valence-corrected chi connectivity index (χ0v) is 12.4. The zero-order valence-electron chi connectivity index (χ0n) is 12.4. The predicted molar refractivity (Wildman–Crippen MR) is 75.8 cm³/mol. The fraction of sp³-hybridized carbons (Fsp3) is 0.533. The van der Waals surface area contributed by atoms with Gasteiger partial charge in [-0.2, -0.15) is 0 Å². The van der Waals surface area contributed by atoms with E-state index in [0.717, 1.165) is 17.9 Å². The second kappa shape index (κ2) is 6.57. The maximum atomic E-state index is 10.6. The molecule has 1 aromatic carbocycles. The van der Waals surface area contributed by atoms with Gasteiger partial charge >= 0.3 is 5.97 Å². The number of nitrogens with zero attached hydrogens (tertiary/aromatic N) is 1. The van der Waals surface area contributed by atoms with Crippen LogP contribution in [0, 0.1) is 20.8 Å². The molecule has 19 heavy (non-hydrogen) atoms. The van der Waals surface area contributed by atoms with E-state index in [2.05, 4.69) is 13.8 Å². The molecule has 0 unspecified atom stereocenters. The molecule has 0 saturated carbocycles. The third kappa shape index (κ3) is 3.96. The van der Waals surface area contributed by atoms with Crippen LogP contribution in [0.4, 0.5) is 0 Å². The van der Waals surface area contributed by atoms with Crippen LogP contribution in [0.1, 0.15) is 28.7 Å². The van der Waals surface area contributed by atoms with Crippen molar-refractivity contribution in [3.8, 4) is 5.75 Å². The lowest BCUT2D eigenvalue weighted by molar-refractivity contribution is -0.137. The van der Waals surface area contributed by atoms with Gasteiger partial charge in [-0.15, -0.1) is 0 Å². The van der Waals surface area contributed by atoms with Gasteiger partial charge < -0.3 is 14.7 Å². The van der Waals surface area contributed by atoms with E-state index in [1.807, 2.05) is 24.9 Å². The Morgan fingerprint density at radius 1 is 1.32 bits per heavy atom. The Hall–Kier alpha value is -1.55. The normalized spacial score (nSPS) is 10.8. The Morgan fingerprint density at radius 2 is 1.95 bits per heavy atom. The zero-order chi connectivity index (χ0) is 14.6. The molecule has 1 aromatic rings. The first kappa shape index (κ1) is 15.5. The number of benzene rings is 1.